The molecule has 1 aliphatic heterocycles. The van der Waals surface area contributed by atoms with Gasteiger partial charge in [0, 0.05) is 24.2 Å². The van der Waals surface area contributed by atoms with Crippen LogP contribution < -0.4 is 24.3 Å². The zero-order valence-corrected chi connectivity index (χ0v) is 18.7. The van der Waals surface area contributed by atoms with Crippen molar-refractivity contribution in [1.29, 1.82) is 0 Å². The Bertz CT molecular complexity index is 1400. The van der Waals surface area contributed by atoms with Crippen molar-refractivity contribution < 1.29 is 32.5 Å². The van der Waals surface area contributed by atoms with Gasteiger partial charge in [-0.2, -0.15) is 0 Å². The number of carbonyl (C=O) groups excluding carboxylic acids is 1. The van der Waals surface area contributed by atoms with Gasteiger partial charge in [-0.1, -0.05) is 6.07 Å². The number of rotatable bonds is 8. The molecular formula is C23H18F2N6O5. The van der Waals surface area contributed by atoms with Gasteiger partial charge in [0.25, 0.3) is 5.91 Å². The fourth-order valence-electron chi connectivity index (χ4n) is 3.34. The van der Waals surface area contributed by atoms with Crippen LogP contribution in [0.5, 0.6) is 28.9 Å². The number of ether oxygens (including phenoxy) is 4. The highest BCUT2D eigenvalue weighted by Gasteiger charge is 2.19. The molecule has 13 heteroatoms. The highest BCUT2D eigenvalue weighted by atomic mass is 19.1. The number of hydrogen-bond acceptors (Lipinski definition) is 9. The van der Waals surface area contributed by atoms with Gasteiger partial charge in [0.05, 0.1) is 6.20 Å². The van der Waals surface area contributed by atoms with Gasteiger partial charge in [0.15, 0.2) is 23.4 Å². The number of halogens is 2. The molecule has 0 fully saturated rings. The Labute approximate surface area is 202 Å². The van der Waals surface area contributed by atoms with Crippen LogP contribution in [0.3, 0.4) is 0 Å². The summed E-state index contributed by atoms with van der Waals surface area (Å²) in [6.45, 7) is 1.61. The number of nitrogens with one attached hydrogen (secondary N) is 2. The minimum Gasteiger partial charge on any atom is -0.483 e. The lowest BCUT2D eigenvalue weighted by molar-refractivity contribution is 0.0947. The third kappa shape index (κ3) is 4.99. The Morgan fingerprint density at radius 2 is 1.97 bits per heavy atom. The molecular weight excluding hydrogens is 478 g/mol. The van der Waals surface area contributed by atoms with E-state index >= 15 is 0 Å². The van der Waals surface area contributed by atoms with E-state index in [9.17, 15) is 13.6 Å². The van der Waals surface area contributed by atoms with E-state index in [0.29, 0.717) is 23.1 Å². The summed E-state index contributed by atoms with van der Waals surface area (Å²) >= 11 is 0. The molecule has 0 bridgehead atoms. The molecule has 0 aliphatic carbocycles. The molecule has 0 saturated heterocycles. The molecule has 2 N–H and O–H groups in total. The number of tetrazole rings is 1. The maximum atomic E-state index is 14.6. The zero-order chi connectivity index (χ0) is 25.1. The van der Waals surface area contributed by atoms with E-state index in [1.807, 2.05) is 0 Å². The first-order valence-electron chi connectivity index (χ1n) is 10.7. The van der Waals surface area contributed by atoms with Crippen molar-refractivity contribution in [3.63, 3.8) is 0 Å². The number of carbonyl (C=O) groups is 1. The monoisotopic (exact) mass is 496 g/mol. The van der Waals surface area contributed by atoms with Gasteiger partial charge in [-0.15, -0.1) is 5.10 Å². The number of aromatic amines is 1. The molecule has 0 radical (unpaired) electrons. The fraction of sp³-hybridized carbons (Fsp3) is 0.174. The molecule has 2 aromatic heterocycles. The number of fused-ring (bicyclic) bond motifs is 1. The number of H-pyrrole nitrogens is 1. The Balaban J connectivity index is 1.26. The van der Waals surface area contributed by atoms with Crippen LogP contribution in [0.15, 0.2) is 48.7 Å². The van der Waals surface area contributed by atoms with Crippen LogP contribution in [0, 0.1) is 11.6 Å². The molecule has 36 heavy (non-hydrogen) atoms. The number of benzene rings is 2. The summed E-state index contributed by atoms with van der Waals surface area (Å²) < 4.78 is 50.4. The molecule has 4 aromatic rings. The molecule has 0 saturated carbocycles. The Kier molecular flexibility index (Phi) is 6.26. The van der Waals surface area contributed by atoms with Crippen molar-refractivity contribution in [2.75, 3.05) is 6.79 Å². The highest BCUT2D eigenvalue weighted by Crippen LogP contribution is 2.36. The maximum Gasteiger partial charge on any atom is 0.257 e. The molecule has 5 rings (SSSR count). The summed E-state index contributed by atoms with van der Waals surface area (Å²) in [5.41, 5.74) is 0.0230. The number of amides is 1. The molecule has 1 amide bonds. The van der Waals surface area contributed by atoms with Crippen LogP contribution in [0.4, 0.5) is 8.78 Å². The molecule has 1 aliphatic rings. The lowest BCUT2D eigenvalue weighted by atomic mass is 10.2. The summed E-state index contributed by atoms with van der Waals surface area (Å²) in [4.78, 5) is 16.7. The first-order valence-corrected chi connectivity index (χ1v) is 10.7. The third-order valence-electron chi connectivity index (χ3n) is 5.14. The van der Waals surface area contributed by atoms with Crippen LogP contribution in [-0.2, 0) is 6.54 Å². The van der Waals surface area contributed by atoms with Gasteiger partial charge in [-0.25, -0.2) is 18.9 Å². The maximum absolute atomic E-state index is 14.6. The van der Waals surface area contributed by atoms with Gasteiger partial charge in [0.2, 0.25) is 12.7 Å². The van der Waals surface area contributed by atoms with Crippen LogP contribution in [-0.4, -0.2) is 38.3 Å². The average molecular weight is 496 g/mol. The van der Waals surface area contributed by atoms with Crippen molar-refractivity contribution in [3.05, 3.63) is 77.2 Å². The molecule has 11 nitrogen and oxygen atoms in total. The molecule has 0 spiro atoms. The highest BCUT2D eigenvalue weighted by molar-refractivity contribution is 5.96. The van der Waals surface area contributed by atoms with Gasteiger partial charge in [-0.05, 0) is 41.6 Å². The van der Waals surface area contributed by atoms with Crippen LogP contribution >= 0.6 is 0 Å². The normalized spacial score (nSPS) is 12.8. The van der Waals surface area contributed by atoms with E-state index in [1.54, 1.807) is 31.2 Å². The molecule has 1 atom stereocenters. The SMILES string of the molecule is C[C@@H](Oc1ccc(CNC(=O)c2cc(F)cnc2Oc2ccc3c(c2)OCO3)c(F)c1)c1nnn[nH]1. The zero-order valence-electron chi connectivity index (χ0n) is 18.7. The lowest BCUT2D eigenvalue weighted by Gasteiger charge is -2.13. The average Bonchev–Trinajstić information content (AvgIpc) is 3.57. The van der Waals surface area contributed by atoms with E-state index in [2.05, 4.69) is 30.9 Å². The minimum absolute atomic E-state index is 0.0862. The lowest BCUT2D eigenvalue weighted by Crippen LogP contribution is -2.24. The standard InChI is InChI=1S/C23H18F2N6O5/c1-12(21-28-30-31-29-21)35-15-3-2-13(18(25)7-15)9-26-22(32)17-6-14(24)10-27-23(17)36-16-4-5-19-20(8-16)34-11-33-19/h2-8,10,12H,9,11H2,1H3,(H,26,32)(H,28,29,30,31)/t12-/m1/s1. The van der Waals surface area contributed by atoms with Gasteiger partial charge >= 0.3 is 0 Å². The van der Waals surface area contributed by atoms with Crippen LogP contribution in [0.2, 0.25) is 0 Å². The first kappa shape index (κ1) is 23.0. The largest absolute Gasteiger partial charge is 0.483 e. The van der Waals surface area contributed by atoms with Gasteiger partial charge < -0.3 is 24.3 Å². The van der Waals surface area contributed by atoms with E-state index < -0.39 is 23.6 Å². The summed E-state index contributed by atoms with van der Waals surface area (Å²) in [6, 6.07) is 9.97. The molecule has 0 unspecified atom stereocenters. The van der Waals surface area contributed by atoms with Crippen molar-refractivity contribution in [2.24, 2.45) is 0 Å². The summed E-state index contributed by atoms with van der Waals surface area (Å²) in [5, 5.41) is 15.8. The second-order valence-electron chi connectivity index (χ2n) is 7.61. The van der Waals surface area contributed by atoms with E-state index in [-0.39, 0.29) is 36.1 Å². The number of pyridine rings is 1. The van der Waals surface area contributed by atoms with E-state index in [4.69, 9.17) is 18.9 Å². The first-order chi connectivity index (χ1) is 17.5. The van der Waals surface area contributed by atoms with Crippen molar-refractivity contribution in [2.45, 2.75) is 19.6 Å². The van der Waals surface area contributed by atoms with Crippen molar-refractivity contribution in [1.82, 2.24) is 30.9 Å². The number of nitrogens with zero attached hydrogens (tertiary/aromatic N) is 4. The molecule has 2 aromatic carbocycles. The Morgan fingerprint density at radius 1 is 1.14 bits per heavy atom. The second-order valence-corrected chi connectivity index (χ2v) is 7.61. The summed E-state index contributed by atoms with van der Waals surface area (Å²) in [5.74, 6) is -0.215. The Hall–Kier alpha value is -4.81. The van der Waals surface area contributed by atoms with Crippen LogP contribution in [0.1, 0.15) is 34.8 Å². The fourth-order valence-corrected chi connectivity index (χ4v) is 3.34. The minimum atomic E-state index is -0.734. The topological polar surface area (TPSA) is 133 Å². The predicted molar refractivity (Wildman–Crippen MR) is 118 cm³/mol. The van der Waals surface area contributed by atoms with E-state index in [1.165, 1.54) is 12.1 Å². The van der Waals surface area contributed by atoms with Crippen LogP contribution in [0.25, 0.3) is 0 Å². The number of aromatic nitrogens is 5. The predicted octanol–water partition coefficient (Wildman–Crippen LogP) is 3.46. The third-order valence-corrected chi connectivity index (χ3v) is 5.14. The summed E-state index contributed by atoms with van der Waals surface area (Å²) in [7, 11) is 0. The second kappa shape index (κ2) is 9.82. The number of hydrogen-bond donors (Lipinski definition) is 2. The van der Waals surface area contributed by atoms with Crippen molar-refractivity contribution >= 4 is 5.91 Å². The smallest absolute Gasteiger partial charge is 0.257 e. The molecule has 184 valence electrons. The van der Waals surface area contributed by atoms with Crippen molar-refractivity contribution in [3.8, 4) is 28.9 Å². The Morgan fingerprint density at radius 3 is 2.78 bits per heavy atom. The summed E-state index contributed by atoms with van der Waals surface area (Å²) in [6.07, 6.45) is 0.390. The van der Waals surface area contributed by atoms with Gasteiger partial charge in [0.1, 0.15) is 28.7 Å². The quantitative estimate of drug-likeness (QED) is 0.376. The van der Waals surface area contributed by atoms with E-state index in [0.717, 1.165) is 12.3 Å². The van der Waals surface area contributed by atoms with Gasteiger partial charge in [-0.3, -0.25) is 4.79 Å². The molecule has 3 heterocycles.